The van der Waals surface area contributed by atoms with E-state index in [1.165, 1.54) is 19.1 Å². The largest absolute Gasteiger partial charge is 0.526 e. The van der Waals surface area contributed by atoms with Gasteiger partial charge >= 0.3 is 16.9 Å². The third-order valence-corrected chi connectivity index (χ3v) is 4.48. The number of ether oxygens (including phenoxy) is 1. The maximum Gasteiger partial charge on any atom is 0.526 e. The molecule has 2 aromatic rings. The lowest BCUT2D eigenvalue weighted by molar-refractivity contribution is -0.391. The summed E-state index contributed by atoms with van der Waals surface area (Å²) < 4.78 is 80.9. The van der Waals surface area contributed by atoms with Crippen molar-refractivity contribution in [3.8, 4) is 5.69 Å². The van der Waals surface area contributed by atoms with Crippen molar-refractivity contribution in [2.75, 3.05) is 0 Å². The van der Waals surface area contributed by atoms with Crippen LogP contribution >= 0.6 is 23.4 Å². The van der Waals surface area contributed by atoms with E-state index in [0.717, 1.165) is 4.68 Å². The van der Waals surface area contributed by atoms with Gasteiger partial charge in [-0.1, -0.05) is 18.2 Å². The summed E-state index contributed by atoms with van der Waals surface area (Å²) in [6.07, 6.45) is -5.74. The number of hydrogen-bond acceptors (Lipinski definition) is 3. The highest BCUT2D eigenvalue weighted by Crippen LogP contribution is 2.50. The first-order chi connectivity index (χ1) is 11.3. The summed E-state index contributed by atoms with van der Waals surface area (Å²) in [5, 5.41) is -7.34. The van der Waals surface area contributed by atoms with Gasteiger partial charge in [-0.2, -0.15) is 13.2 Å². The lowest BCUT2D eigenvalue weighted by Gasteiger charge is -2.27. The first kappa shape index (κ1) is 19.7. The quantitative estimate of drug-likeness (QED) is 0.450. The Morgan fingerprint density at radius 1 is 1.12 bits per heavy atom. The number of thioether (sulfide) groups is 1. The zero-order valence-electron chi connectivity index (χ0n) is 12.2. The minimum Gasteiger partial charge on any atom is -0.294 e. The second-order valence-electron chi connectivity index (χ2n) is 4.73. The molecule has 1 heterocycles. The first-order valence-corrected chi connectivity index (χ1v) is 7.62. The Labute approximate surface area is 145 Å². The van der Waals surface area contributed by atoms with Gasteiger partial charge in [-0.25, -0.2) is 9.42 Å². The molecule has 0 saturated heterocycles. The average molecular weight is 407 g/mol. The van der Waals surface area contributed by atoms with Crippen LogP contribution in [0, 0.1) is 6.92 Å². The van der Waals surface area contributed by atoms with Crippen molar-refractivity contribution < 1.29 is 31.1 Å². The zero-order valence-corrected chi connectivity index (χ0v) is 13.8. The van der Waals surface area contributed by atoms with Crippen LogP contribution in [0.2, 0.25) is 0 Å². The van der Waals surface area contributed by atoms with Gasteiger partial charge in [0.2, 0.25) is 0 Å². The second kappa shape index (κ2) is 6.61. The monoisotopic (exact) mass is 406 g/mol. The highest BCUT2D eigenvalue weighted by Gasteiger charge is 2.62. The number of aromatic nitrogens is 2. The molecule has 0 spiro atoms. The molecule has 2 rings (SSSR count). The Bertz CT molecular complexity index is 803. The molecule has 1 aromatic carbocycles. The number of hydrogen-bond donors (Lipinski definition) is 1. The van der Waals surface area contributed by atoms with E-state index < -0.39 is 39.1 Å². The van der Waals surface area contributed by atoms with Crippen molar-refractivity contribution in [1.82, 2.24) is 9.78 Å². The van der Waals surface area contributed by atoms with Crippen LogP contribution in [0.3, 0.4) is 0 Å². The van der Waals surface area contributed by atoms with E-state index in [4.69, 9.17) is 0 Å². The van der Waals surface area contributed by atoms with Gasteiger partial charge < -0.3 is 0 Å². The summed E-state index contributed by atoms with van der Waals surface area (Å²) in [5.41, 5.74) is -0.833. The number of nitrogens with zero attached hydrogens (tertiary/aromatic N) is 1. The molecule has 0 aliphatic carbocycles. The number of nitrogens with one attached hydrogen (secondary N) is 1. The topological polar surface area (TPSA) is 47.0 Å². The molecule has 0 amide bonds. The third kappa shape index (κ3) is 4.33. The molecule has 25 heavy (non-hydrogen) atoms. The summed E-state index contributed by atoms with van der Waals surface area (Å²) in [5.74, 6) is 0. The van der Waals surface area contributed by atoms with Crippen LogP contribution in [0.25, 0.3) is 5.69 Å². The number of aryl methyl sites for hydroxylation is 1. The van der Waals surface area contributed by atoms with Crippen LogP contribution in [0.5, 0.6) is 0 Å². The normalized spacial score (nSPS) is 15.2. The van der Waals surface area contributed by atoms with Crippen molar-refractivity contribution in [3.05, 3.63) is 46.4 Å². The number of aromatic amines is 1. The standard InChI is InChI=1S/C13H9ClF6N2O2S/c1-7-9(10(23)22(21-7)8-5-3-2-4-6-8)25-12(16,17)11(14,15)24-13(18,19)20/h2-6,21H,1H3/t11-/m0/s1. The van der Waals surface area contributed by atoms with Gasteiger partial charge in [0, 0.05) is 5.69 Å². The van der Waals surface area contributed by atoms with Crippen molar-refractivity contribution in [2.24, 2.45) is 0 Å². The summed E-state index contributed by atoms with van der Waals surface area (Å²) in [6.45, 7) is 1.22. The van der Waals surface area contributed by atoms with Crippen molar-refractivity contribution in [1.29, 1.82) is 0 Å². The van der Waals surface area contributed by atoms with E-state index in [9.17, 15) is 31.1 Å². The molecule has 0 unspecified atom stereocenters. The number of halogens is 7. The van der Waals surface area contributed by atoms with Gasteiger partial charge in [0.15, 0.2) is 0 Å². The van der Waals surface area contributed by atoms with E-state index >= 15 is 0 Å². The fraction of sp³-hybridized carbons (Fsp3) is 0.308. The summed E-state index contributed by atoms with van der Waals surface area (Å²) in [6, 6.07) is 7.76. The maximum absolute atomic E-state index is 13.9. The van der Waals surface area contributed by atoms with Crippen LogP contribution in [-0.4, -0.2) is 26.7 Å². The summed E-state index contributed by atoms with van der Waals surface area (Å²) >= 11 is 3.82. The van der Waals surface area contributed by atoms with Gasteiger partial charge in [-0.3, -0.25) is 9.89 Å². The number of rotatable bonds is 5. The van der Waals surface area contributed by atoms with Crippen LogP contribution in [-0.2, 0) is 4.74 Å². The Balaban J connectivity index is 2.37. The fourth-order valence-electron chi connectivity index (χ4n) is 1.80. The predicted molar refractivity (Wildman–Crippen MR) is 78.8 cm³/mol. The second-order valence-corrected chi connectivity index (χ2v) is 6.34. The molecule has 12 heteroatoms. The number of H-pyrrole nitrogens is 1. The van der Waals surface area contributed by atoms with Crippen LogP contribution in [0.4, 0.5) is 26.3 Å². The Morgan fingerprint density at radius 3 is 2.20 bits per heavy atom. The molecule has 1 atom stereocenters. The summed E-state index contributed by atoms with van der Waals surface area (Å²) in [7, 11) is 0. The molecule has 0 aliphatic rings. The highest BCUT2D eigenvalue weighted by molar-refractivity contribution is 8.00. The first-order valence-electron chi connectivity index (χ1n) is 6.43. The van der Waals surface area contributed by atoms with E-state index in [1.54, 1.807) is 18.2 Å². The third-order valence-electron chi connectivity index (χ3n) is 2.84. The number of para-hydroxylation sites is 1. The molecule has 1 N–H and O–H groups in total. The van der Waals surface area contributed by atoms with E-state index in [0.29, 0.717) is 0 Å². The van der Waals surface area contributed by atoms with E-state index in [1.807, 2.05) is 0 Å². The molecule has 0 radical (unpaired) electrons. The minimum absolute atomic E-state index is 0.113. The fourth-order valence-corrected chi connectivity index (χ4v) is 2.80. The van der Waals surface area contributed by atoms with Gasteiger partial charge in [0.1, 0.15) is 4.90 Å². The van der Waals surface area contributed by atoms with Gasteiger partial charge in [-0.05, 0) is 42.4 Å². The smallest absolute Gasteiger partial charge is 0.294 e. The lowest BCUT2D eigenvalue weighted by Crippen LogP contribution is -2.43. The summed E-state index contributed by atoms with van der Waals surface area (Å²) in [4.78, 5) is 11.5. The molecule has 0 aliphatic heterocycles. The average Bonchev–Trinajstić information content (AvgIpc) is 2.73. The Hall–Kier alpha value is -1.59. The van der Waals surface area contributed by atoms with E-state index in [-0.39, 0.29) is 11.4 Å². The number of alkyl halides is 7. The highest BCUT2D eigenvalue weighted by atomic mass is 35.5. The van der Waals surface area contributed by atoms with Crippen molar-refractivity contribution >= 4 is 23.4 Å². The van der Waals surface area contributed by atoms with Crippen molar-refractivity contribution in [3.63, 3.8) is 0 Å². The molecule has 0 bridgehead atoms. The minimum atomic E-state index is -5.74. The van der Waals surface area contributed by atoms with Gasteiger partial charge in [-0.15, -0.1) is 13.2 Å². The molecular weight excluding hydrogens is 398 g/mol. The molecule has 138 valence electrons. The SMILES string of the molecule is Cc1[nH]n(-c2ccccc2)c(=O)c1SC(F)(F)[C@@](F)(Cl)OC(F)(F)F. The molecular formula is C13H9ClF6N2O2S. The predicted octanol–water partition coefficient (Wildman–Crippen LogP) is 4.56. The van der Waals surface area contributed by atoms with Gasteiger partial charge in [0.05, 0.1) is 5.69 Å². The van der Waals surface area contributed by atoms with Crippen LogP contribution in [0.15, 0.2) is 40.0 Å². The van der Waals surface area contributed by atoms with Gasteiger partial charge in [0.25, 0.3) is 5.56 Å². The molecule has 0 fully saturated rings. The lowest BCUT2D eigenvalue weighted by atomic mass is 10.3. The maximum atomic E-state index is 13.9. The molecule has 4 nitrogen and oxygen atoms in total. The van der Waals surface area contributed by atoms with Crippen LogP contribution in [0.1, 0.15) is 5.69 Å². The Morgan fingerprint density at radius 2 is 1.68 bits per heavy atom. The molecule has 1 aromatic heterocycles. The molecule has 0 saturated carbocycles. The zero-order chi connectivity index (χ0) is 19.0. The Kier molecular flexibility index (Phi) is 5.22. The van der Waals surface area contributed by atoms with E-state index in [2.05, 4.69) is 21.4 Å². The van der Waals surface area contributed by atoms with Crippen LogP contribution < -0.4 is 5.56 Å². The number of benzene rings is 1. The van der Waals surface area contributed by atoms with Crippen molar-refractivity contribution in [2.45, 2.75) is 28.8 Å².